The molecule has 346 valence electrons. The van der Waals surface area contributed by atoms with E-state index in [2.05, 4.69) is 47.9 Å². The molecule has 0 rings (SSSR count). The highest BCUT2D eigenvalue weighted by atomic mass is 16.4. The second kappa shape index (κ2) is 29.8. The lowest BCUT2D eigenvalue weighted by atomic mass is 10.0. The summed E-state index contributed by atoms with van der Waals surface area (Å²) in [5.41, 5.74) is 27.5. The first-order valence-corrected chi connectivity index (χ1v) is 19.8. The molecule has 6 atom stereocenters. The highest BCUT2D eigenvalue weighted by Gasteiger charge is 2.32. The van der Waals surface area contributed by atoms with Crippen LogP contribution in [0.1, 0.15) is 78.6 Å². The van der Waals surface area contributed by atoms with Crippen molar-refractivity contribution in [3.8, 4) is 0 Å². The van der Waals surface area contributed by atoms with Crippen molar-refractivity contribution in [2.75, 3.05) is 32.7 Å². The number of guanidine groups is 2. The molecule has 26 heteroatoms. The Morgan fingerprint density at radius 2 is 1.05 bits per heavy atom. The van der Waals surface area contributed by atoms with Crippen LogP contribution in [0, 0.1) is 16.7 Å². The molecule has 0 unspecified atom stereocenters. The molecular formula is C35H66N16O10. The fourth-order valence-electron chi connectivity index (χ4n) is 5.32. The van der Waals surface area contributed by atoms with Crippen LogP contribution in [0.25, 0.3) is 0 Å². The number of rotatable bonds is 31. The van der Waals surface area contributed by atoms with Gasteiger partial charge in [0.1, 0.15) is 36.8 Å². The number of carbonyl (C=O) groups excluding carboxylic acids is 8. The Morgan fingerprint density at radius 1 is 0.557 bits per heavy atom. The number of aliphatic carboxylic acids is 1. The van der Waals surface area contributed by atoms with Gasteiger partial charge in [0.25, 0.3) is 0 Å². The summed E-state index contributed by atoms with van der Waals surface area (Å²) in [5.74, 6) is -8.72. The zero-order valence-electron chi connectivity index (χ0n) is 34.9. The van der Waals surface area contributed by atoms with Crippen molar-refractivity contribution < 1.29 is 48.3 Å². The van der Waals surface area contributed by atoms with Gasteiger partial charge in [0.05, 0.1) is 12.6 Å². The van der Waals surface area contributed by atoms with Crippen LogP contribution in [-0.4, -0.2) is 139 Å². The molecule has 26 nitrogen and oxygen atoms in total. The first-order chi connectivity index (χ1) is 28.6. The number of carboxylic acids is 1. The highest BCUT2D eigenvalue weighted by Crippen LogP contribution is 2.08. The maximum absolute atomic E-state index is 13.8. The summed E-state index contributed by atoms with van der Waals surface area (Å²) in [6.07, 6.45) is 1.02. The molecule has 8 amide bonds. The van der Waals surface area contributed by atoms with Crippen molar-refractivity contribution in [2.45, 2.75) is 115 Å². The number of nitrogens with two attached hydrogens (primary N) is 5. The second-order valence-electron chi connectivity index (χ2n) is 14.4. The molecule has 0 aromatic heterocycles. The first-order valence-electron chi connectivity index (χ1n) is 19.8. The molecule has 0 aliphatic heterocycles. The van der Waals surface area contributed by atoms with E-state index in [1.165, 1.54) is 6.92 Å². The van der Waals surface area contributed by atoms with Gasteiger partial charge in [-0.1, -0.05) is 13.8 Å². The maximum atomic E-state index is 13.8. The molecule has 0 heterocycles. The summed E-state index contributed by atoms with van der Waals surface area (Å²) in [4.78, 5) is 114. The van der Waals surface area contributed by atoms with E-state index in [1.54, 1.807) is 13.8 Å². The third kappa shape index (κ3) is 25.0. The van der Waals surface area contributed by atoms with E-state index in [-0.39, 0.29) is 70.1 Å². The first kappa shape index (κ1) is 54.7. The normalized spacial score (nSPS) is 13.7. The molecule has 0 fully saturated rings. The largest absolute Gasteiger partial charge is 0.480 e. The Labute approximate surface area is 353 Å². The highest BCUT2D eigenvalue weighted by molar-refractivity contribution is 5.97. The number of hydrogen-bond donors (Lipinski definition) is 17. The minimum absolute atomic E-state index is 0.0479. The molecule has 0 aliphatic carbocycles. The number of primary amides is 1. The van der Waals surface area contributed by atoms with Gasteiger partial charge in [0.2, 0.25) is 47.3 Å². The van der Waals surface area contributed by atoms with Crippen LogP contribution in [0.4, 0.5) is 0 Å². The molecule has 0 aliphatic rings. The Balaban J connectivity index is 6.08. The summed E-state index contributed by atoms with van der Waals surface area (Å²) < 4.78 is 0. The summed E-state index contributed by atoms with van der Waals surface area (Å²) in [6.45, 7) is 3.98. The molecule has 61 heavy (non-hydrogen) atoms. The van der Waals surface area contributed by atoms with Gasteiger partial charge in [0.15, 0.2) is 11.9 Å². The van der Waals surface area contributed by atoms with Gasteiger partial charge < -0.3 is 81.6 Å². The standard InChI is InChI=1S/C35H66N16O10/c1-18(2)27(33(61)46-16-25(53)45-17-26(54)55)51-32(60)21(9-4-5-13-36)50-31(59)22(10-7-15-44-35(41)42)48-28(56)19(3)47-30(58)23(11-12-24(38)52)49-29(57)20(37)8-6-14-43-34(39)40/h18-23,27H,4-17,36-37H2,1-3H3,(H2,38,52)(H,45,53)(H,46,61)(H,47,58)(H,48,56)(H,49,57)(H,50,59)(H,51,60)(H,54,55)(H4,39,40,43)(H4,41,42,44)/t19-,20-,21-,22-,23-,27-/m0/s1. The zero-order valence-corrected chi connectivity index (χ0v) is 34.9. The number of unbranched alkanes of at least 4 members (excludes halogenated alkanes) is 1. The SMILES string of the molecule is CC(C)[C@H](NC(=O)[C@H](CCCCN)NC(=O)[C@H](CCCNC(=N)N)NC(=O)[C@H](C)NC(=O)[C@H](CCC(N)=O)NC(=O)[C@@H](N)CCCNC(=N)N)C(=O)NCC(=O)NCC(=O)O. The van der Waals surface area contributed by atoms with Gasteiger partial charge in [-0.3, -0.25) is 54.0 Å². The number of nitrogens with one attached hydrogen (secondary N) is 11. The van der Waals surface area contributed by atoms with Crippen molar-refractivity contribution in [3.63, 3.8) is 0 Å². The van der Waals surface area contributed by atoms with Crippen molar-refractivity contribution in [1.82, 2.24) is 47.9 Å². The van der Waals surface area contributed by atoms with Gasteiger partial charge in [-0.05, 0) is 70.8 Å². The molecule has 0 radical (unpaired) electrons. The van der Waals surface area contributed by atoms with Crippen molar-refractivity contribution in [1.29, 1.82) is 10.8 Å². The molecule has 0 saturated heterocycles. The lowest BCUT2D eigenvalue weighted by molar-refractivity contribution is -0.138. The van der Waals surface area contributed by atoms with Crippen LogP contribution in [0.5, 0.6) is 0 Å². The third-order valence-electron chi connectivity index (χ3n) is 8.71. The lowest BCUT2D eigenvalue weighted by Gasteiger charge is -2.27. The van der Waals surface area contributed by atoms with E-state index in [0.717, 1.165) is 0 Å². The van der Waals surface area contributed by atoms with Crippen LogP contribution in [0.2, 0.25) is 0 Å². The van der Waals surface area contributed by atoms with Gasteiger partial charge in [-0.2, -0.15) is 0 Å². The Hall–Kier alpha value is -6.31. The molecule has 22 N–H and O–H groups in total. The zero-order chi connectivity index (χ0) is 46.7. The van der Waals surface area contributed by atoms with Gasteiger partial charge in [-0.25, -0.2) is 0 Å². The van der Waals surface area contributed by atoms with Crippen LogP contribution in [0.3, 0.4) is 0 Å². The number of carbonyl (C=O) groups is 9. The summed E-state index contributed by atoms with van der Waals surface area (Å²) in [5, 5.41) is 45.6. The predicted octanol–water partition coefficient (Wildman–Crippen LogP) is -6.35. The summed E-state index contributed by atoms with van der Waals surface area (Å²) in [7, 11) is 0. The lowest BCUT2D eigenvalue weighted by Crippen LogP contribution is -2.59. The molecule has 0 saturated carbocycles. The predicted molar refractivity (Wildman–Crippen MR) is 221 cm³/mol. The smallest absolute Gasteiger partial charge is 0.322 e. The Bertz CT molecular complexity index is 1530. The van der Waals surface area contributed by atoms with Gasteiger partial charge in [0, 0.05) is 19.5 Å². The fourth-order valence-corrected chi connectivity index (χ4v) is 5.32. The van der Waals surface area contributed by atoms with Crippen molar-refractivity contribution in [3.05, 3.63) is 0 Å². The number of carboxylic acid groups (broad SMARTS) is 1. The minimum Gasteiger partial charge on any atom is -0.480 e. The third-order valence-corrected chi connectivity index (χ3v) is 8.71. The fraction of sp³-hybridized carbons (Fsp3) is 0.686. The average molecular weight is 871 g/mol. The monoisotopic (exact) mass is 871 g/mol. The van der Waals surface area contributed by atoms with E-state index >= 15 is 0 Å². The minimum atomic E-state index is -1.34. The van der Waals surface area contributed by atoms with Crippen molar-refractivity contribution in [2.24, 2.45) is 34.6 Å². The van der Waals surface area contributed by atoms with E-state index in [1.807, 2.05) is 0 Å². The van der Waals surface area contributed by atoms with E-state index in [9.17, 15) is 43.2 Å². The van der Waals surface area contributed by atoms with E-state index < -0.39 is 108 Å². The molecule has 0 aromatic carbocycles. The topological polar surface area (TPSA) is 460 Å². The quantitative estimate of drug-likeness (QED) is 0.0175. The van der Waals surface area contributed by atoms with Crippen molar-refractivity contribution >= 4 is 65.1 Å². The molecule has 0 spiro atoms. The second-order valence-corrected chi connectivity index (χ2v) is 14.4. The van der Waals surface area contributed by atoms with Crippen LogP contribution >= 0.6 is 0 Å². The van der Waals surface area contributed by atoms with Crippen LogP contribution in [-0.2, 0) is 43.2 Å². The van der Waals surface area contributed by atoms with Crippen LogP contribution in [0.15, 0.2) is 0 Å². The summed E-state index contributed by atoms with van der Waals surface area (Å²) in [6, 6.07) is -7.49. The molecule has 0 aromatic rings. The molecule has 0 bridgehead atoms. The van der Waals surface area contributed by atoms with Gasteiger partial charge >= 0.3 is 5.97 Å². The van der Waals surface area contributed by atoms with E-state index in [4.69, 9.17) is 44.6 Å². The number of hydrogen-bond acceptors (Lipinski definition) is 13. The summed E-state index contributed by atoms with van der Waals surface area (Å²) >= 11 is 0. The average Bonchev–Trinajstić information content (AvgIpc) is 3.18. The van der Waals surface area contributed by atoms with Gasteiger partial charge in [-0.15, -0.1) is 0 Å². The van der Waals surface area contributed by atoms with Crippen LogP contribution < -0.4 is 76.5 Å². The Kier molecular flexibility index (Phi) is 26.7. The molecular weight excluding hydrogens is 804 g/mol. The number of amides is 8. The Morgan fingerprint density at radius 3 is 1.57 bits per heavy atom. The maximum Gasteiger partial charge on any atom is 0.322 e. The van der Waals surface area contributed by atoms with E-state index in [0.29, 0.717) is 19.3 Å².